The minimum absolute atomic E-state index is 0.0272. The van der Waals surface area contributed by atoms with E-state index in [-0.39, 0.29) is 30.0 Å². The molecule has 0 saturated carbocycles. The molecule has 0 aromatic heterocycles. The van der Waals surface area contributed by atoms with Crippen LogP contribution in [0.5, 0.6) is 11.5 Å². The number of ether oxygens (including phenoxy) is 2. The summed E-state index contributed by atoms with van der Waals surface area (Å²) in [6, 6.07) is 10.2. The van der Waals surface area contributed by atoms with Crippen molar-refractivity contribution in [1.29, 1.82) is 0 Å². The summed E-state index contributed by atoms with van der Waals surface area (Å²) < 4.78 is 60.0. The molecule has 0 aliphatic heterocycles. The molecule has 140 valence electrons. The third-order valence-electron chi connectivity index (χ3n) is 3.41. The molecule has 0 unspecified atom stereocenters. The second-order valence-electron chi connectivity index (χ2n) is 5.42. The molecule has 0 bridgehead atoms. The molecule has 2 rings (SSSR count). The molecule has 0 saturated heterocycles. The van der Waals surface area contributed by atoms with Gasteiger partial charge in [-0.1, -0.05) is 18.2 Å². The number of alkyl halides is 3. The van der Waals surface area contributed by atoms with E-state index in [0.717, 1.165) is 0 Å². The Labute approximate surface area is 147 Å². The minimum Gasteiger partial charge on any atom is -0.494 e. The van der Waals surface area contributed by atoms with Crippen molar-refractivity contribution in [3.05, 3.63) is 53.8 Å². The number of amides is 1. The largest absolute Gasteiger partial charge is 0.494 e. The van der Waals surface area contributed by atoms with Crippen molar-refractivity contribution in [3.8, 4) is 11.5 Å². The van der Waals surface area contributed by atoms with Gasteiger partial charge in [0.25, 0.3) is 0 Å². The normalized spacial score (nSPS) is 11.1. The SMILES string of the molecule is COc1ccc(CCC(=O)Nc2ccccc2OCC(F)(F)F)cc1F. The Hall–Kier alpha value is -2.77. The van der Waals surface area contributed by atoms with Crippen molar-refractivity contribution < 1.29 is 31.8 Å². The lowest BCUT2D eigenvalue weighted by Crippen LogP contribution is -2.20. The number of benzene rings is 2. The number of rotatable bonds is 7. The van der Waals surface area contributed by atoms with Gasteiger partial charge >= 0.3 is 6.18 Å². The Morgan fingerprint density at radius 3 is 2.50 bits per heavy atom. The number of anilines is 1. The zero-order chi connectivity index (χ0) is 19.2. The highest BCUT2D eigenvalue weighted by molar-refractivity contribution is 5.92. The number of methoxy groups -OCH3 is 1. The lowest BCUT2D eigenvalue weighted by Gasteiger charge is -2.13. The highest BCUT2D eigenvalue weighted by Crippen LogP contribution is 2.26. The van der Waals surface area contributed by atoms with Gasteiger partial charge in [-0.15, -0.1) is 0 Å². The zero-order valence-electron chi connectivity index (χ0n) is 13.9. The van der Waals surface area contributed by atoms with Crippen LogP contribution in [0.4, 0.5) is 23.2 Å². The van der Waals surface area contributed by atoms with Crippen LogP contribution >= 0.6 is 0 Å². The molecule has 2 aromatic rings. The Balaban J connectivity index is 1.94. The number of hydrogen-bond donors (Lipinski definition) is 1. The van der Waals surface area contributed by atoms with E-state index in [2.05, 4.69) is 5.32 Å². The fourth-order valence-electron chi connectivity index (χ4n) is 2.19. The van der Waals surface area contributed by atoms with Gasteiger partial charge < -0.3 is 14.8 Å². The van der Waals surface area contributed by atoms with Crippen molar-refractivity contribution in [2.75, 3.05) is 19.0 Å². The molecule has 0 spiro atoms. The van der Waals surface area contributed by atoms with Crippen molar-refractivity contribution in [1.82, 2.24) is 0 Å². The molecular formula is C18H17F4NO3. The van der Waals surface area contributed by atoms with Gasteiger partial charge in [0, 0.05) is 6.42 Å². The Kier molecular flexibility index (Phi) is 6.43. The van der Waals surface area contributed by atoms with Crippen molar-refractivity contribution in [2.45, 2.75) is 19.0 Å². The first kappa shape index (κ1) is 19.6. The quantitative estimate of drug-likeness (QED) is 0.737. The van der Waals surface area contributed by atoms with Crippen LogP contribution in [0.2, 0.25) is 0 Å². The molecule has 4 nitrogen and oxygen atoms in total. The summed E-state index contributed by atoms with van der Waals surface area (Å²) in [5, 5.41) is 2.50. The molecule has 2 aromatic carbocycles. The van der Waals surface area contributed by atoms with Crippen LogP contribution in [0.3, 0.4) is 0 Å². The lowest BCUT2D eigenvalue weighted by molar-refractivity contribution is -0.153. The number of aryl methyl sites for hydroxylation is 1. The van der Waals surface area contributed by atoms with Crippen molar-refractivity contribution >= 4 is 11.6 Å². The first-order chi connectivity index (χ1) is 12.3. The fourth-order valence-corrected chi connectivity index (χ4v) is 2.19. The standard InChI is InChI=1S/C18H17F4NO3/c1-25-15-8-6-12(10-13(15)19)7-9-17(24)23-14-4-2-3-5-16(14)26-11-18(20,21)22/h2-6,8,10H,7,9,11H2,1H3,(H,23,24). The Morgan fingerprint density at radius 2 is 1.85 bits per heavy atom. The molecule has 1 N–H and O–H groups in total. The maximum absolute atomic E-state index is 13.6. The van der Waals surface area contributed by atoms with Gasteiger partial charge in [0.2, 0.25) is 5.91 Å². The number of para-hydroxylation sites is 2. The third-order valence-corrected chi connectivity index (χ3v) is 3.41. The van der Waals surface area contributed by atoms with E-state index in [4.69, 9.17) is 9.47 Å². The molecular weight excluding hydrogens is 354 g/mol. The van der Waals surface area contributed by atoms with Crippen molar-refractivity contribution in [3.63, 3.8) is 0 Å². The molecule has 0 aliphatic carbocycles. The van der Waals surface area contributed by atoms with Crippen LogP contribution in [0.25, 0.3) is 0 Å². The molecule has 1 amide bonds. The predicted octanol–water partition coefficient (Wildman–Crippen LogP) is 4.35. The van der Waals surface area contributed by atoms with E-state index in [0.29, 0.717) is 5.56 Å². The van der Waals surface area contributed by atoms with E-state index < -0.39 is 24.5 Å². The first-order valence-electron chi connectivity index (χ1n) is 7.69. The number of carbonyl (C=O) groups is 1. The average molecular weight is 371 g/mol. The molecule has 0 aliphatic rings. The zero-order valence-corrected chi connectivity index (χ0v) is 13.9. The summed E-state index contributed by atoms with van der Waals surface area (Å²) in [6.07, 6.45) is -4.19. The molecule has 0 atom stereocenters. The van der Waals surface area contributed by atoms with E-state index in [1.54, 1.807) is 12.1 Å². The van der Waals surface area contributed by atoms with Crippen LogP contribution in [-0.2, 0) is 11.2 Å². The van der Waals surface area contributed by atoms with E-state index in [1.807, 2.05) is 0 Å². The van der Waals surface area contributed by atoms with Gasteiger partial charge in [0.05, 0.1) is 12.8 Å². The van der Waals surface area contributed by atoms with Crippen LogP contribution in [-0.4, -0.2) is 25.8 Å². The van der Waals surface area contributed by atoms with Gasteiger partial charge in [0.15, 0.2) is 18.2 Å². The monoisotopic (exact) mass is 371 g/mol. The maximum atomic E-state index is 13.6. The number of hydrogen-bond acceptors (Lipinski definition) is 3. The molecule has 0 radical (unpaired) electrons. The van der Waals surface area contributed by atoms with Gasteiger partial charge in [-0.3, -0.25) is 4.79 Å². The van der Waals surface area contributed by atoms with E-state index in [9.17, 15) is 22.4 Å². The highest BCUT2D eigenvalue weighted by Gasteiger charge is 2.28. The molecule has 26 heavy (non-hydrogen) atoms. The smallest absolute Gasteiger partial charge is 0.422 e. The average Bonchev–Trinajstić information content (AvgIpc) is 2.58. The van der Waals surface area contributed by atoms with Crippen LogP contribution in [0, 0.1) is 5.82 Å². The summed E-state index contributed by atoms with van der Waals surface area (Å²) >= 11 is 0. The Morgan fingerprint density at radius 1 is 1.12 bits per heavy atom. The van der Waals surface area contributed by atoms with Crippen molar-refractivity contribution in [2.24, 2.45) is 0 Å². The van der Waals surface area contributed by atoms with Crippen LogP contribution in [0.15, 0.2) is 42.5 Å². The lowest BCUT2D eigenvalue weighted by atomic mass is 10.1. The second kappa shape index (κ2) is 8.55. The van der Waals surface area contributed by atoms with Crippen LogP contribution in [0.1, 0.15) is 12.0 Å². The number of halogens is 4. The fraction of sp³-hybridized carbons (Fsp3) is 0.278. The van der Waals surface area contributed by atoms with Gasteiger partial charge in [-0.25, -0.2) is 4.39 Å². The molecule has 8 heteroatoms. The third kappa shape index (κ3) is 5.94. The topological polar surface area (TPSA) is 47.6 Å². The molecule has 0 heterocycles. The van der Waals surface area contributed by atoms with E-state index >= 15 is 0 Å². The first-order valence-corrected chi connectivity index (χ1v) is 7.69. The second-order valence-corrected chi connectivity index (χ2v) is 5.42. The summed E-state index contributed by atoms with van der Waals surface area (Å²) in [5.41, 5.74) is 0.739. The Bertz CT molecular complexity index is 762. The summed E-state index contributed by atoms with van der Waals surface area (Å²) in [7, 11) is 1.35. The summed E-state index contributed by atoms with van der Waals surface area (Å²) in [4.78, 5) is 12.0. The van der Waals surface area contributed by atoms with Gasteiger partial charge in [0.1, 0.15) is 5.75 Å². The van der Waals surface area contributed by atoms with Gasteiger partial charge in [-0.05, 0) is 36.2 Å². The summed E-state index contributed by atoms with van der Waals surface area (Å²) in [5.74, 6) is -0.928. The molecule has 0 fully saturated rings. The number of nitrogens with one attached hydrogen (secondary N) is 1. The van der Waals surface area contributed by atoms with E-state index in [1.165, 1.54) is 37.4 Å². The summed E-state index contributed by atoms with van der Waals surface area (Å²) in [6.45, 7) is -1.45. The maximum Gasteiger partial charge on any atom is 0.422 e. The minimum atomic E-state index is -4.48. The van der Waals surface area contributed by atoms with Crippen LogP contribution < -0.4 is 14.8 Å². The highest BCUT2D eigenvalue weighted by atomic mass is 19.4. The van der Waals surface area contributed by atoms with Gasteiger partial charge in [-0.2, -0.15) is 13.2 Å². The number of carbonyl (C=O) groups excluding carboxylic acids is 1. The predicted molar refractivity (Wildman–Crippen MR) is 87.9 cm³/mol.